The number of benzene rings is 1. The number of piperidine rings is 1. The summed E-state index contributed by atoms with van der Waals surface area (Å²) < 4.78 is 3.48. The molecule has 0 unspecified atom stereocenters. The Bertz CT molecular complexity index is 1040. The Kier molecular flexibility index (Phi) is 4.92. The summed E-state index contributed by atoms with van der Waals surface area (Å²) in [7, 11) is 0. The van der Waals surface area contributed by atoms with Gasteiger partial charge in [-0.25, -0.2) is 9.48 Å². The second-order valence-corrected chi connectivity index (χ2v) is 7.46. The molecule has 2 aromatic heterocycles. The second-order valence-electron chi connectivity index (χ2n) is 7.46. The van der Waals surface area contributed by atoms with E-state index in [4.69, 9.17) is 5.11 Å². The van der Waals surface area contributed by atoms with E-state index in [1.54, 1.807) is 20.5 Å². The van der Waals surface area contributed by atoms with Crippen LogP contribution in [-0.2, 0) is 0 Å². The highest BCUT2D eigenvalue weighted by atomic mass is 16.4. The topological polar surface area (TPSA) is 93.2 Å². The number of amides is 1. The number of aromatic carboxylic acids is 1. The van der Waals surface area contributed by atoms with Crippen LogP contribution in [0.2, 0.25) is 0 Å². The number of aromatic nitrogens is 4. The monoisotopic (exact) mass is 393 g/mol. The average molecular weight is 393 g/mol. The van der Waals surface area contributed by atoms with Gasteiger partial charge in [-0.1, -0.05) is 17.7 Å². The molecule has 8 heteroatoms. The van der Waals surface area contributed by atoms with Crippen LogP contribution in [0, 0.1) is 13.8 Å². The molecule has 1 aliphatic heterocycles. The van der Waals surface area contributed by atoms with Crippen molar-refractivity contribution >= 4 is 11.9 Å². The number of hydrogen-bond donors (Lipinski definition) is 1. The first kappa shape index (κ1) is 18.9. The molecule has 0 radical (unpaired) electrons. The van der Waals surface area contributed by atoms with Crippen LogP contribution in [0.3, 0.4) is 0 Å². The molecule has 3 aromatic rings. The van der Waals surface area contributed by atoms with Crippen LogP contribution in [0.15, 0.2) is 42.7 Å². The molecule has 1 saturated heterocycles. The first-order valence-corrected chi connectivity index (χ1v) is 9.63. The van der Waals surface area contributed by atoms with Crippen molar-refractivity contribution in [3.8, 4) is 5.69 Å². The minimum atomic E-state index is -0.983. The molecule has 0 bridgehead atoms. The zero-order valence-corrected chi connectivity index (χ0v) is 16.4. The number of carboxylic acids is 1. The van der Waals surface area contributed by atoms with Gasteiger partial charge in [-0.2, -0.15) is 10.2 Å². The third kappa shape index (κ3) is 3.78. The number of likely N-dealkylation sites (tertiary alicyclic amines) is 1. The fourth-order valence-corrected chi connectivity index (χ4v) is 3.67. The lowest BCUT2D eigenvalue weighted by molar-refractivity contribution is 0.0682. The number of rotatable bonds is 4. The van der Waals surface area contributed by atoms with Gasteiger partial charge in [0.15, 0.2) is 5.69 Å². The van der Waals surface area contributed by atoms with Gasteiger partial charge in [0.05, 0.1) is 23.5 Å². The van der Waals surface area contributed by atoms with Gasteiger partial charge in [0.2, 0.25) is 0 Å². The lowest BCUT2D eigenvalue weighted by atomic mass is 10.0. The van der Waals surface area contributed by atoms with Crippen molar-refractivity contribution in [1.82, 2.24) is 24.5 Å². The van der Waals surface area contributed by atoms with Crippen LogP contribution in [0.4, 0.5) is 0 Å². The summed E-state index contributed by atoms with van der Waals surface area (Å²) in [5.41, 5.74) is 3.63. The lowest BCUT2D eigenvalue weighted by Gasteiger charge is -2.31. The van der Waals surface area contributed by atoms with Crippen LogP contribution < -0.4 is 0 Å². The van der Waals surface area contributed by atoms with E-state index in [0.717, 1.165) is 24.2 Å². The Morgan fingerprint density at radius 3 is 2.41 bits per heavy atom. The van der Waals surface area contributed by atoms with Crippen molar-refractivity contribution in [1.29, 1.82) is 0 Å². The maximum atomic E-state index is 12.9. The lowest BCUT2D eigenvalue weighted by Crippen LogP contribution is -2.39. The average Bonchev–Trinajstić information content (AvgIpc) is 3.36. The number of hydrogen-bond acceptors (Lipinski definition) is 4. The zero-order valence-electron chi connectivity index (χ0n) is 16.4. The number of carbonyl (C=O) groups excluding carboxylic acids is 1. The van der Waals surface area contributed by atoms with Gasteiger partial charge in [-0.3, -0.25) is 9.48 Å². The molecule has 0 atom stereocenters. The van der Waals surface area contributed by atoms with Crippen LogP contribution in [0.25, 0.3) is 5.69 Å². The number of nitrogens with zero attached hydrogens (tertiary/aromatic N) is 5. The molecule has 1 fully saturated rings. The predicted molar refractivity (Wildman–Crippen MR) is 106 cm³/mol. The van der Waals surface area contributed by atoms with Gasteiger partial charge in [-0.15, -0.1) is 0 Å². The second kappa shape index (κ2) is 7.54. The Morgan fingerprint density at radius 2 is 1.79 bits per heavy atom. The molecule has 8 nitrogen and oxygen atoms in total. The molecule has 29 heavy (non-hydrogen) atoms. The van der Waals surface area contributed by atoms with Gasteiger partial charge in [0, 0.05) is 25.0 Å². The summed E-state index contributed by atoms with van der Waals surface area (Å²) in [5.74, 6) is -1.06. The quantitative estimate of drug-likeness (QED) is 0.736. The summed E-state index contributed by atoms with van der Waals surface area (Å²) in [5, 5.41) is 17.7. The van der Waals surface area contributed by atoms with Crippen molar-refractivity contribution in [2.24, 2.45) is 0 Å². The molecule has 3 heterocycles. The molecule has 1 aromatic carbocycles. The first-order valence-electron chi connectivity index (χ1n) is 9.63. The third-order valence-electron chi connectivity index (χ3n) is 5.36. The number of carbonyl (C=O) groups is 2. The highest BCUT2D eigenvalue weighted by Gasteiger charge is 2.27. The third-order valence-corrected chi connectivity index (χ3v) is 5.36. The van der Waals surface area contributed by atoms with Crippen LogP contribution in [0.1, 0.15) is 51.0 Å². The van der Waals surface area contributed by atoms with E-state index < -0.39 is 5.97 Å². The van der Waals surface area contributed by atoms with E-state index in [2.05, 4.69) is 10.2 Å². The standard InChI is InChI=1S/C21H23N5O3/c1-14-3-5-18(6-4-14)26-15(2)11-19(23-26)20(27)24-9-7-17(8-10-24)25-13-16(12-22-25)21(28)29/h3-6,11-13,17H,7-10H2,1-2H3,(H,28,29). The Labute approximate surface area is 168 Å². The fraction of sp³-hybridized carbons (Fsp3) is 0.333. The van der Waals surface area contributed by atoms with E-state index in [0.29, 0.717) is 18.8 Å². The van der Waals surface area contributed by atoms with Crippen molar-refractivity contribution in [3.63, 3.8) is 0 Å². The van der Waals surface area contributed by atoms with Crippen molar-refractivity contribution in [3.05, 3.63) is 65.2 Å². The van der Waals surface area contributed by atoms with Crippen LogP contribution >= 0.6 is 0 Å². The van der Waals surface area contributed by atoms with E-state index in [9.17, 15) is 9.59 Å². The molecule has 1 aliphatic rings. The van der Waals surface area contributed by atoms with Crippen molar-refractivity contribution < 1.29 is 14.7 Å². The van der Waals surface area contributed by atoms with E-state index in [-0.39, 0.29) is 17.5 Å². The number of carboxylic acid groups (broad SMARTS) is 1. The van der Waals surface area contributed by atoms with Crippen LogP contribution in [-0.4, -0.2) is 54.5 Å². The Morgan fingerprint density at radius 1 is 1.10 bits per heavy atom. The predicted octanol–water partition coefficient (Wildman–Crippen LogP) is 2.86. The Balaban J connectivity index is 1.44. The minimum absolute atomic E-state index is 0.0795. The maximum Gasteiger partial charge on any atom is 0.338 e. The smallest absolute Gasteiger partial charge is 0.338 e. The molecule has 1 amide bonds. The van der Waals surface area contributed by atoms with E-state index >= 15 is 0 Å². The highest BCUT2D eigenvalue weighted by molar-refractivity contribution is 5.92. The summed E-state index contributed by atoms with van der Waals surface area (Å²) in [4.78, 5) is 25.8. The SMILES string of the molecule is Cc1ccc(-n2nc(C(=O)N3CCC(n4cc(C(=O)O)cn4)CC3)cc2C)cc1. The fourth-order valence-electron chi connectivity index (χ4n) is 3.67. The van der Waals surface area contributed by atoms with Gasteiger partial charge < -0.3 is 10.0 Å². The summed E-state index contributed by atoms with van der Waals surface area (Å²) in [6.45, 7) is 5.14. The minimum Gasteiger partial charge on any atom is -0.478 e. The molecule has 4 rings (SSSR count). The number of aryl methyl sites for hydroxylation is 2. The van der Waals surface area contributed by atoms with E-state index in [1.165, 1.54) is 11.8 Å². The van der Waals surface area contributed by atoms with Gasteiger partial charge in [0.25, 0.3) is 5.91 Å². The van der Waals surface area contributed by atoms with Crippen LogP contribution in [0.5, 0.6) is 0 Å². The zero-order chi connectivity index (χ0) is 20.5. The summed E-state index contributed by atoms with van der Waals surface area (Å²) >= 11 is 0. The van der Waals surface area contributed by atoms with E-state index in [1.807, 2.05) is 44.2 Å². The molecule has 150 valence electrons. The summed E-state index contributed by atoms with van der Waals surface area (Å²) in [6.07, 6.45) is 4.37. The van der Waals surface area contributed by atoms with Gasteiger partial charge >= 0.3 is 5.97 Å². The summed E-state index contributed by atoms with van der Waals surface area (Å²) in [6, 6.07) is 9.94. The first-order chi connectivity index (χ1) is 13.9. The molecule has 0 spiro atoms. The molecular formula is C21H23N5O3. The molecule has 0 saturated carbocycles. The highest BCUT2D eigenvalue weighted by Crippen LogP contribution is 2.24. The Hall–Kier alpha value is -3.42. The van der Waals surface area contributed by atoms with Crippen molar-refractivity contribution in [2.45, 2.75) is 32.7 Å². The van der Waals surface area contributed by atoms with Crippen molar-refractivity contribution in [2.75, 3.05) is 13.1 Å². The largest absolute Gasteiger partial charge is 0.478 e. The van der Waals surface area contributed by atoms with Gasteiger partial charge in [0.1, 0.15) is 0 Å². The molecule has 1 N–H and O–H groups in total. The molecular weight excluding hydrogens is 370 g/mol. The maximum absolute atomic E-state index is 12.9. The van der Waals surface area contributed by atoms with Gasteiger partial charge in [-0.05, 0) is 44.9 Å². The normalized spacial score (nSPS) is 14.9. The molecule has 0 aliphatic carbocycles.